The second kappa shape index (κ2) is 8.51. The summed E-state index contributed by atoms with van der Waals surface area (Å²) < 4.78 is 0. The molecular formula is C22H21ClN2OS. The molecule has 0 saturated heterocycles. The lowest BCUT2D eigenvalue weighted by Crippen LogP contribution is -2.34. The summed E-state index contributed by atoms with van der Waals surface area (Å²) in [5.74, 6) is 0.133. The lowest BCUT2D eigenvalue weighted by atomic mass is 9.97. The van der Waals surface area contributed by atoms with Crippen molar-refractivity contribution in [1.82, 2.24) is 5.32 Å². The molecule has 0 saturated carbocycles. The molecular weight excluding hydrogens is 376 g/mol. The van der Waals surface area contributed by atoms with E-state index in [1.807, 2.05) is 48.5 Å². The molecule has 3 nitrogen and oxygen atoms in total. The number of hydrogen-bond acceptors (Lipinski definition) is 2. The number of benzene rings is 3. The summed E-state index contributed by atoms with van der Waals surface area (Å²) in [6, 6.07) is 19.0. The summed E-state index contributed by atoms with van der Waals surface area (Å²) in [5.41, 5.74) is 2.63. The van der Waals surface area contributed by atoms with Gasteiger partial charge in [0, 0.05) is 21.7 Å². The van der Waals surface area contributed by atoms with Gasteiger partial charge in [0.2, 0.25) is 0 Å². The highest BCUT2D eigenvalue weighted by Crippen LogP contribution is 2.27. The highest BCUT2D eigenvalue weighted by Gasteiger charge is 2.14. The number of carbonyl (C=O) groups is 1. The van der Waals surface area contributed by atoms with Crippen LogP contribution >= 0.6 is 23.8 Å². The van der Waals surface area contributed by atoms with Gasteiger partial charge in [0.25, 0.3) is 5.91 Å². The molecule has 3 aromatic rings. The highest BCUT2D eigenvalue weighted by atomic mass is 35.5. The molecule has 138 valence electrons. The number of fused-ring (bicyclic) bond motifs is 1. The molecule has 0 fully saturated rings. The zero-order chi connectivity index (χ0) is 19.4. The van der Waals surface area contributed by atoms with Crippen molar-refractivity contribution in [3.8, 4) is 0 Å². The second-order valence-electron chi connectivity index (χ2n) is 6.45. The Bertz CT molecular complexity index is 1000. The fourth-order valence-corrected chi connectivity index (χ4v) is 3.49. The van der Waals surface area contributed by atoms with Crippen LogP contribution in [0.2, 0.25) is 5.02 Å². The van der Waals surface area contributed by atoms with Gasteiger partial charge < -0.3 is 5.32 Å². The number of anilines is 1. The molecule has 1 amide bonds. The molecule has 0 aliphatic heterocycles. The molecule has 0 unspecified atom stereocenters. The lowest BCUT2D eigenvalue weighted by molar-refractivity contribution is 0.0979. The van der Waals surface area contributed by atoms with Crippen molar-refractivity contribution in [2.24, 2.45) is 0 Å². The average molecular weight is 397 g/mol. The number of halogens is 1. The lowest BCUT2D eigenvalue weighted by Gasteiger charge is -2.17. The van der Waals surface area contributed by atoms with E-state index in [1.165, 1.54) is 5.56 Å². The molecule has 2 N–H and O–H groups in total. The van der Waals surface area contributed by atoms with Crippen molar-refractivity contribution in [3.63, 3.8) is 0 Å². The van der Waals surface area contributed by atoms with Gasteiger partial charge in [-0.05, 0) is 53.7 Å². The molecule has 0 aliphatic carbocycles. The van der Waals surface area contributed by atoms with Gasteiger partial charge in [0.15, 0.2) is 5.11 Å². The number of rotatable bonds is 4. The first kappa shape index (κ1) is 19.3. The molecule has 27 heavy (non-hydrogen) atoms. The first-order chi connectivity index (χ1) is 13.0. The Morgan fingerprint density at radius 2 is 1.74 bits per heavy atom. The number of amides is 1. The zero-order valence-electron chi connectivity index (χ0n) is 15.3. The highest BCUT2D eigenvalue weighted by molar-refractivity contribution is 7.80. The second-order valence-corrected chi connectivity index (χ2v) is 7.26. The normalized spacial score (nSPS) is 11.8. The summed E-state index contributed by atoms with van der Waals surface area (Å²) in [6.45, 7) is 4.31. The van der Waals surface area contributed by atoms with Crippen molar-refractivity contribution >= 4 is 51.3 Å². The van der Waals surface area contributed by atoms with Gasteiger partial charge >= 0.3 is 0 Å². The van der Waals surface area contributed by atoms with E-state index in [0.29, 0.717) is 16.5 Å². The molecule has 0 spiro atoms. The number of thiocarbonyl (C=S) groups is 1. The minimum Gasteiger partial charge on any atom is -0.332 e. The van der Waals surface area contributed by atoms with Gasteiger partial charge in [0.1, 0.15) is 0 Å². The summed E-state index contributed by atoms with van der Waals surface area (Å²) in [4.78, 5) is 12.8. The van der Waals surface area contributed by atoms with Crippen LogP contribution in [0.15, 0.2) is 60.7 Å². The zero-order valence-corrected chi connectivity index (χ0v) is 16.8. The number of hydrogen-bond donors (Lipinski definition) is 2. The van der Waals surface area contributed by atoms with Gasteiger partial charge in [-0.1, -0.05) is 67.9 Å². The van der Waals surface area contributed by atoms with Gasteiger partial charge in [-0.25, -0.2) is 0 Å². The van der Waals surface area contributed by atoms with Gasteiger partial charge in [-0.3, -0.25) is 10.1 Å². The van der Waals surface area contributed by atoms with Crippen LogP contribution in [0.4, 0.5) is 5.69 Å². The third-order valence-electron chi connectivity index (χ3n) is 4.69. The average Bonchev–Trinajstić information content (AvgIpc) is 2.67. The Morgan fingerprint density at radius 1 is 1.04 bits per heavy atom. The molecule has 0 heterocycles. The summed E-state index contributed by atoms with van der Waals surface area (Å²) in [5, 5.41) is 8.46. The van der Waals surface area contributed by atoms with E-state index in [9.17, 15) is 4.79 Å². The fraction of sp³-hybridized carbons (Fsp3) is 0.182. The monoisotopic (exact) mass is 396 g/mol. The maximum atomic E-state index is 12.8. The Hall–Kier alpha value is -2.43. The molecule has 3 aromatic carbocycles. The standard InChI is InChI=1S/C22H21ClN2OS/c1-3-14(2)15-8-4-5-13-20(15)24-22(27)25-21(26)18-11-6-10-17-16(18)9-7-12-19(17)23/h4-14H,3H2,1-2H3,(H2,24,25,26,27)/t14-/m0/s1. The predicted molar refractivity (Wildman–Crippen MR) is 118 cm³/mol. The van der Waals surface area contributed by atoms with Crippen molar-refractivity contribution < 1.29 is 4.79 Å². The van der Waals surface area contributed by atoms with Crippen molar-refractivity contribution in [2.45, 2.75) is 26.2 Å². The van der Waals surface area contributed by atoms with Crippen molar-refractivity contribution in [2.75, 3.05) is 5.32 Å². The molecule has 0 aliphatic rings. The van der Waals surface area contributed by atoms with Crippen LogP contribution in [-0.4, -0.2) is 11.0 Å². The molecule has 0 aromatic heterocycles. The van der Waals surface area contributed by atoms with Crippen molar-refractivity contribution in [3.05, 3.63) is 76.8 Å². The van der Waals surface area contributed by atoms with E-state index in [1.54, 1.807) is 6.07 Å². The molecule has 1 atom stereocenters. The minimum atomic E-state index is -0.263. The van der Waals surface area contributed by atoms with Crippen LogP contribution in [0.5, 0.6) is 0 Å². The van der Waals surface area contributed by atoms with Crippen molar-refractivity contribution in [1.29, 1.82) is 0 Å². The number of para-hydroxylation sites is 1. The van der Waals surface area contributed by atoms with Gasteiger partial charge in [-0.2, -0.15) is 0 Å². The SMILES string of the molecule is CC[C@H](C)c1ccccc1NC(=S)NC(=O)c1cccc2c(Cl)cccc12. The predicted octanol–water partition coefficient (Wildman–Crippen LogP) is 6.13. The van der Waals surface area contributed by atoms with E-state index in [4.69, 9.17) is 23.8 Å². The first-order valence-corrected chi connectivity index (χ1v) is 9.68. The minimum absolute atomic E-state index is 0.263. The summed E-state index contributed by atoms with van der Waals surface area (Å²) >= 11 is 11.6. The Morgan fingerprint density at radius 3 is 2.52 bits per heavy atom. The van der Waals surface area contributed by atoms with E-state index < -0.39 is 0 Å². The van der Waals surface area contributed by atoms with Gasteiger partial charge in [-0.15, -0.1) is 0 Å². The smallest absolute Gasteiger partial charge is 0.258 e. The number of carbonyl (C=O) groups excluding carboxylic acids is 1. The van der Waals surface area contributed by atoms with Crippen LogP contribution in [0.1, 0.15) is 42.1 Å². The molecule has 0 radical (unpaired) electrons. The van der Waals surface area contributed by atoms with Crippen LogP contribution < -0.4 is 10.6 Å². The third-order valence-corrected chi connectivity index (χ3v) is 5.23. The summed E-state index contributed by atoms with van der Waals surface area (Å²) in [6.07, 6.45) is 1.02. The molecule has 3 rings (SSSR count). The first-order valence-electron chi connectivity index (χ1n) is 8.89. The maximum absolute atomic E-state index is 12.8. The third kappa shape index (κ3) is 4.29. The topological polar surface area (TPSA) is 41.1 Å². The van der Waals surface area contributed by atoms with E-state index in [2.05, 4.69) is 30.5 Å². The van der Waals surface area contributed by atoms with Crippen LogP contribution in [-0.2, 0) is 0 Å². The van der Waals surface area contributed by atoms with Crippen LogP contribution in [0, 0.1) is 0 Å². The van der Waals surface area contributed by atoms with Gasteiger partial charge in [0.05, 0.1) is 0 Å². The van der Waals surface area contributed by atoms with E-state index in [-0.39, 0.29) is 11.0 Å². The Kier molecular flexibility index (Phi) is 6.09. The van der Waals surface area contributed by atoms with Crippen LogP contribution in [0.25, 0.3) is 10.8 Å². The maximum Gasteiger partial charge on any atom is 0.258 e. The quantitative estimate of drug-likeness (QED) is 0.521. The van der Waals surface area contributed by atoms with E-state index >= 15 is 0 Å². The fourth-order valence-electron chi connectivity index (χ4n) is 3.05. The Balaban J connectivity index is 1.80. The number of nitrogens with one attached hydrogen (secondary N) is 2. The summed E-state index contributed by atoms with van der Waals surface area (Å²) in [7, 11) is 0. The molecule has 5 heteroatoms. The Labute approximate surface area is 169 Å². The molecule has 0 bridgehead atoms. The largest absolute Gasteiger partial charge is 0.332 e. The van der Waals surface area contributed by atoms with Crippen LogP contribution in [0.3, 0.4) is 0 Å². The van der Waals surface area contributed by atoms with E-state index in [0.717, 1.165) is 22.9 Å².